The fourth-order valence-corrected chi connectivity index (χ4v) is 4.35. The molecule has 0 saturated carbocycles. The smallest absolute Gasteiger partial charge is 0.522 e. The van der Waals surface area contributed by atoms with Gasteiger partial charge in [0.05, 0.1) is 13.1 Å². The van der Waals surface area contributed by atoms with E-state index in [1.165, 1.54) is 0 Å². The maximum atomic E-state index is 12.5. The average Bonchev–Trinajstić information content (AvgIpc) is 2.63. The minimum absolute atomic E-state index is 0.0635. The van der Waals surface area contributed by atoms with Crippen molar-refractivity contribution >= 4 is 19.0 Å². The summed E-state index contributed by atoms with van der Waals surface area (Å²) in [5.41, 5.74) is 0.686. The molecule has 3 aliphatic rings. The third-order valence-corrected chi connectivity index (χ3v) is 5.95. The number of ether oxygens (including phenoxy) is 1. The van der Waals surface area contributed by atoms with Gasteiger partial charge in [0.25, 0.3) is 0 Å². The summed E-state index contributed by atoms with van der Waals surface area (Å²) in [5.74, 6) is -0.661. The van der Waals surface area contributed by atoms with Crippen molar-refractivity contribution in [2.24, 2.45) is 0 Å². The number of likely N-dealkylation sites (tertiary alicyclic amines) is 1. The van der Waals surface area contributed by atoms with Crippen LogP contribution in [0, 0.1) is 0 Å². The molecule has 3 N–H and O–H groups in total. The van der Waals surface area contributed by atoms with E-state index in [0.29, 0.717) is 38.3 Å². The van der Waals surface area contributed by atoms with Crippen LogP contribution in [-0.4, -0.2) is 65.3 Å². The molecule has 2 fully saturated rings. The van der Waals surface area contributed by atoms with Crippen molar-refractivity contribution in [3.8, 4) is 11.5 Å². The van der Waals surface area contributed by atoms with Gasteiger partial charge in [0.1, 0.15) is 23.2 Å². The van der Waals surface area contributed by atoms with E-state index in [1.54, 1.807) is 17.0 Å². The molecule has 2 unspecified atom stereocenters. The molecule has 8 nitrogen and oxygen atoms in total. The normalized spacial score (nSPS) is 24.3. The van der Waals surface area contributed by atoms with Crippen LogP contribution in [0.5, 0.6) is 11.5 Å². The molecule has 0 radical (unpaired) electrons. The lowest BCUT2D eigenvalue weighted by atomic mass is 9.78. The number of nitrogens with zero attached hydrogens (tertiary/aromatic N) is 1. The number of carboxylic acids is 1. The predicted molar refractivity (Wildman–Crippen MR) is 106 cm³/mol. The predicted octanol–water partition coefficient (Wildman–Crippen LogP) is 1.31. The lowest BCUT2D eigenvalue weighted by molar-refractivity contribution is -0.140. The first kappa shape index (κ1) is 20.0. The van der Waals surface area contributed by atoms with Crippen molar-refractivity contribution in [3.63, 3.8) is 0 Å². The highest BCUT2D eigenvalue weighted by atomic mass is 16.5. The molecule has 4 rings (SSSR count). The van der Waals surface area contributed by atoms with E-state index in [4.69, 9.17) is 9.39 Å². The number of fused-ring (bicyclic) bond motifs is 1. The van der Waals surface area contributed by atoms with E-state index in [0.717, 1.165) is 24.8 Å². The summed E-state index contributed by atoms with van der Waals surface area (Å²) in [6.07, 6.45) is 4.54. The van der Waals surface area contributed by atoms with E-state index < -0.39 is 13.1 Å². The van der Waals surface area contributed by atoms with E-state index >= 15 is 0 Å². The molecule has 1 aromatic carbocycles. The molecule has 3 aliphatic heterocycles. The van der Waals surface area contributed by atoms with Gasteiger partial charge >= 0.3 is 13.1 Å². The molecule has 2 atom stereocenters. The monoisotopic (exact) mass is 402 g/mol. The SMILES string of the molecule is CC1CCCC(CC(=O)N2CC(Oc3ccc4c(c3C(=O)O)OB(O)CC4)C2)N1. The van der Waals surface area contributed by atoms with Crippen LogP contribution >= 0.6 is 0 Å². The van der Waals surface area contributed by atoms with E-state index in [-0.39, 0.29) is 35.1 Å². The highest BCUT2D eigenvalue weighted by Crippen LogP contribution is 2.37. The number of benzene rings is 1. The van der Waals surface area contributed by atoms with Crippen molar-refractivity contribution in [2.45, 2.75) is 63.5 Å². The van der Waals surface area contributed by atoms with Crippen LogP contribution in [-0.2, 0) is 11.2 Å². The molecule has 2 saturated heterocycles. The summed E-state index contributed by atoms with van der Waals surface area (Å²) < 4.78 is 11.3. The van der Waals surface area contributed by atoms with E-state index in [9.17, 15) is 19.7 Å². The first-order valence-corrected chi connectivity index (χ1v) is 10.3. The Morgan fingerprint density at radius 2 is 2.14 bits per heavy atom. The fourth-order valence-electron chi connectivity index (χ4n) is 4.35. The minimum Gasteiger partial charge on any atom is -0.535 e. The second kappa shape index (κ2) is 8.24. The van der Waals surface area contributed by atoms with E-state index in [1.807, 2.05) is 0 Å². The van der Waals surface area contributed by atoms with Crippen molar-refractivity contribution < 1.29 is 29.1 Å². The molecule has 1 aromatic rings. The number of hydrogen-bond acceptors (Lipinski definition) is 6. The molecule has 156 valence electrons. The number of piperidine rings is 1. The Balaban J connectivity index is 1.36. The molecule has 0 bridgehead atoms. The van der Waals surface area contributed by atoms with Gasteiger partial charge in [0.2, 0.25) is 5.91 Å². The molecule has 0 aliphatic carbocycles. The minimum atomic E-state index is -1.16. The van der Waals surface area contributed by atoms with Gasteiger partial charge in [0.15, 0.2) is 0 Å². The van der Waals surface area contributed by atoms with Gasteiger partial charge in [0, 0.05) is 18.5 Å². The Kier molecular flexibility index (Phi) is 5.69. The Labute approximate surface area is 170 Å². The topological polar surface area (TPSA) is 108 Å². The molecule has 0 spiro atoms. The van der Waals surface area contributed by atoms with Gasteiger partial charge in [-0.15, -0.1) is 0 Å². The summed E-state index contributed by atoms with van der Waals surface area (Å²) in [4.78, 5) is 26.0. The van der Waals surface area contributed by atoms with Gasteiger partial charge in [-0.25, -0.2) is 4.79 Å². The number of aryl methyl sites for hydroxylation is 1. The Bertz CT molecular complexity index is 797. The second-order valence-electron chi connectivity index (χ2n) is 8.28. The summed E-state index contributed by atoms with van der Waals surface area (Å²) in [6, 6.07) is 4.10. The molecule has 0 aromatic heterocycles. The van der Waals surface area contributed by atoms with Gasteiger partial charge in [-0.05, 0) is 44.1 Å². The summed E-state index contributed by atoms with van der Waals surface area (Å²) >= 11 is 0. The quantitative estimate of drug-likeness (QED) is 0.638. The second-order valence-corrected chi connectivity index (χ2v) is 8.28. The van der Waals surface area contributed by atoms with Crippen molar-refractivity contribution in [1.82, 2.24) is 10.2 Å². The van der Waals surface area contributed by atoms with Crippen molar-refractivity contribution in [3.05, 3.63) is 23.3 Å². The maximum absolute atomic E-state index is 12.5. The molecule has 1 amide bonds. The molecular weight excluding hydrogens is 375 g/mol. The zero-order valence-electron chi connectivity index (χ0n) is 16.6. The number of rotatable bonds is 5. The average molecular weight is 402 g/mol. The van der Waals surface area contributed by atoms with Gasteiger partial charge in [-0.2, -0.15) is 0 Å². The Morgan fingerprint density at radius 1 is 1.34 bits per heavy atom. The molecule has 3 heterocycles. The third kappa shape index (κ3) is 4.35. The molecular formula is C20H27BN2O6. The Morgan fingerprint density at radius 3 is 2.86 bits per heavy atom. The standard InChI is InChI=1S/C20H27BN2O6/c1-12-3-2-4-14(22-12)9-17(24)23-10-15(11-23)28-16-6-5-13-7-8-21(27)29-19(13)18(16)20(25)26/h5-6,12,14-15,22,27H,2-4,7-11H2,1H3,(H,25,26). The van der Waals surface area contributed by atoms with Crippen LogP contribution in [0.4, 0.5) is 0 Å². The number of hydrogen-bond donors (Lipinski definition) is 3. The number of carbonyl (C=O) groups is 2. The van der Waals surface area contributed by atoms with Crippen LogP contribution in [0.2, 0.25) is 6.32 Å². The molecule has 29 heavy (non-hydrogen) atoms. The summed E-state index contributed by atoms with van der Waals surface area (Å²) in [6.45, 7) is 3.03. The lowest BCUT2D eigenvalue weighted by Crippen LogP contribution is -2.57. The van der Waals surface area contributed by atoms with Crippen LogP contribution in [0.15, 0.2) is 12.1 Å². The largest absolute Gasteiger partial charge is 0.535 e. The Hall–Kier alpha value is -2.26. The first-order chi connectivity index (χ1) is 13.9. The highest BCUT2D eigenvalue weighted by Gasteiger charge is 2.36. The van der Waals surface area contributed by atoms with Gasteiger partial charge < -0.3 is 29.7 Å². The van der Waals surface area contributed by atoms with Gasteiger partial charge in [-0.3, -0.25) is 4.79 Å². The highest BCUT2D eigenvalue weighted by molar-refractivity contribution is 6.44. The van der Waals surface area contributed by atoms with Crippen LogP contribution in [0.1, 0.15) is 48.5 Å². The number of carbonyl (C=O) groups excluding carboxylic acids is 1. The third-order valence-electron chi connectivity index (χ3n) is 5.95. The zero-order chi connectivity index (χ0) is 20.5. The van der Waals surface area contributed by atoms with Crippen LogP contribution in [0.25, 0.3) is 0 Å². The summed E-state index contributed by atoms with van der Waals surface area (Å²) in [7, 11) is -1.01. The number of aromatic carboxylic acids is 1. The van der Waals surface area contributed by atoms with Crippen LogP contribution < -0.4 is 14.7 Å². The lowest BCUT2D eigenvalue weighted by Gasteiger charge is -2.40. The first-order valence-electron chi connectivity index (χ1n) is 10.3. The van der Waals surface area contributed by atoms with E-state index in [2.05, 4.69) is 12.2 Å². The maximum Gasteiger partial charge on any atom is 0.522 e. The number of amides is 1. The van der Waals surface area contributed by atoms with Crippen LogP contribution in [0.3, 0.4) is 0 Å². The summed E-state index contributed by atoms with van der Waals surface area (Å²) in [5, 5.41) is 22.9. The fraction of sp³-hybridized carbons (Fsp3) is 0.600. The molecule has 9 heteroatoms. The van der Waals surface area contributed by atoms with Gasteiger partial charge in [-0.1, -0.05) is 12.5 Å². The zero-order valence-corrected chi connectivity index (χ0v) is 16.6. The number of nitrogens with one attached hydrogen (secondary N) is 1. The number of carboxylic acid groups (broad SMARTS) is 1. The van der Waals surface area contributed by atoms with Crippen molar-refractivity contribution in [2.75, 3.05) is 13.1 Å². The van der Waals surface area contributed by atoms with Crippen molar-refractivity contribution in [1.29, 1.82) is 0 Å².